The first-order valence-corrected chi connectivity index (χ1v) is 4.98. The maximum Gasteiger partial charge on any atom is 0.525 e. The summed E-state index contributed by atoms with van der Waals surface area (Å²) in [6.07, 6.45) is -2.90. The van der Waals surface area contributed by atoms with Crippen LogP contribution in [0.1, 0.15) is 0 Å². The summed E-state index contributed by atoms with van der Waals surface area (Å²) < 4.78 is 44.2. The van der Waals surface area contributed by atoms with Gasteiger partial charge < -0.3 is 0 Å². The molecule has 1 fully saturated rings. The second-order valence-electron chi connectivity index (χ2n) is 1.91. The van der Waals surface area contributed by atoms with Gasteiger partial charge in [-0.05, 0) is 0 Å². The van der Waals surface area contributed by atoms with Gasteiger partial charge in [-0.3, -0.25) is 0 Å². The van der Waals surface area contributed by atoms with E-state index in [4.69, 9.17) is 16.1 Å². The molecule has 0 aromatic carbocycles. The molecule has 2 unspecified atom stereocenters. The van der Waals surface area contributed by atoms with Gasteiger partial charge in [0, 0.05) is 0 Å². The molecule has 1 aliphatic heterocycles. The maximum atomic E-state index is 12.2. The van der Waals surface area contributed by atoms with E-state index < -0.39 is 26.2 Å². The van der Waals surface area contributed by atoms with Gasteiger partial charge in [0.25, 0.3) is 0 Å². The van der Waals surface area contributed by atoms with E-state index in [2.05, 4.69) is 9.05 Å². The molecule has 2 atom stereocenters. The molecule has 3 nitrogen and oxygen atoms in total. The van der Waals surface area contributed by atoms with Crippen LogP contribution in [0.25, 0.3) is 0 Å². The Morgan fingerprint density at radius 3 is 2.55 bits per heavy atom. The first-order valence-electron chi connectivity index (χ1n) is 2.50. The Morgan fingerprint density at radius 2 is 2.18 bits per heavy atom. The molecule has 0 aromatic rings. The topological polar surface area (TPSA) is 38.7 Å². The highest BCUT2D eigenvalue weighted by Crippen LogP contribution is 2.66. The normalized spacial score (nSPS) is 43.9. The van der Waals surface area contributed by atoms with Crippen molar-refractivity contribution in [1.82, 2.24) is 0 Å². The third-order valence-electron chi connectivity index (χ3n) is 0.971. The smallest absolute Gasteiger partial charge is 0.204 e. The predicted octanol–water partition coefficient (Wildman–Crippen LogP) is 1.87. The molecule has 0 amide bonds. The third-order valence-corrected chi connectivity index (χ3v) is 2.40. The van der Waals surface area contributed by atoms with Crippen LogP contribution in [0.4, 0.5) is 13.2 Å². The van der Waals surface area contributed by atoms with Gasteiger partial charge in [0.05, 0.1) is 0 Å². The Bertz CT molecular complexity index is 166. The van der Waals surface area contributed by atoms with E-state index in [0.29, 0.717) is 0 Å². The van der Waals surface area contributed by atoms with E-state index in [1.165, 1.54) is 0 Å². The van der Waals surface area contributed by atoms with E-state index >= 15 is 0 Å². The summed E-state index contributed by atoms with van der Waals surface area (Å²) in [5.41, 5.74) is 0. The Labute approximate surface area is 65.4 Å². The molecule has 66 valence electrons. The largest absolute Gasteiger partial charge is 0.525 e. The monoisotopic (exact) mass is 211 g/mol. The van der Waals surface area contributed by atoms with Crippen molar-refractivity contribution in [2.24, 2.45) is 0 Å². The fourth-order valence-corrected chi connectivity index (χ4v) is 1.58. The molecule has 1 saturated heterocycles. The number of rotatable bonds is 0. The van der Waals surface area contributed by atoms with Crippen LogP contribution in [0, 0.1) is 0 Å². The van der Waals surface area contributed by atoms with Crippen LogP contribution in [0.2, 0.25) is 0 Å². The van der Waals surface area contributed by atoms with Crippen molar-refractivity contribution in [3.8, 4) is 0 Å². The molecule has 1 rings (SSSR count). The van der Waals surface area contributed by atoms with Gasteiger partial charge in [0.15, 0.2) is 17.8 Å². The molecule has 1 aliphatic rings. The Balaban J connectivity index is 2.63. The van der Waals surface area contributed by atoms with E-state index in [-0.39, 0.29) is 0 Å². The second-order valence-corrected chi connectivity index (χ2v) is 4.56. The molecule has 0 bridgehead atoms. The zero-order chi connectivity index (χ0) is 8.70. The van der Waals surface area contributed by atoms with Crippen molar-refractivity contribution in [1.29, 1.82) is 0 Å². The summed E-state index contributed by atoms with van der Waals surface area (Å²) in [4.78, 5) is 8.64. The summed E-state index contributed by atoms with van der Waals surface area (Å²) in [7, 11) is -3.86. The van der Waals surface area contributed by atoms with Crippen LogP contribution < -0.4 is 0 Å². The van der Waals surface area contributed by atoms with E-state index in [1.807, 2.05) is 0 Å². The lowest BCUT2D eigenvalue weighted by atomic mass is 10.4. The van der Waals surface area contributed by atoms with Crippen molar-refractivity contribution >= 4 is 18.5 Å². The van der Waals surface area contributed by atoms with Gasteiger partial charge in [0.1, 0.15) is 0 Å². The molecule has 0 aromatic heterocycles. The van der Waals surface area contributed by atoms with Crippen molar-refractivity contribution in [2.75, 3.05) is 6.61 Å². The van der Waals surface area contributed by atoms with Crippen molar-refractivity contribution in [2.45, 2.75) is 12.3 Å². The van der Waals surface area contributed by atoms with Gasteiger partial charge in [-0.2, -0.15) is 18.2 Å². The quantitative estimate of drug-likeness (QED) is 0.622. The highest BCUT2D eigenvalue weighted by molar-refractivity contribution is 7.86. The molecule has 0 spiro atoms. The Kier molecular flexibility index (Phi) is 2.33. The highest BCUT2D eigenvalue weighted by atomic mass is 35.7. The van der Waals surface area contributed by atoms with Crippen LogP contribution in [0.3, 0.4) is 0 Å². The number of alkyl halides is 3. The van der Waals surface area contributed by atoms with Crippen LogP contribution in [-0.4, -0.2) is 23.8 Å². The summed E-state index contributed by atoms with van der Waals surface area (Å²) in [5.74, 6) is -3.73. The number of hydrogen-bond donors (Lipinski definition) is 1. The predicted molar refractivity (Wildman–Crippen MR) is 31.9 cm³/mol. The Morgan fingerprint density at radius 1 is 1.64 bits per heavy atom. The summed E-state index contributed by atoms with van der Waals surface area (Å²) in [6, 6.07) is 0. The van der Waals surface area contributed by atoms with Gasteiger partial charge in [-0.25, -0.2) is 4.39 Å². The summed E-state index contributed by atoms with van der Waals surface area (Å²) in [6.45, 7) is -1.26. The minimum Gasteiger partial charge on any atom is -0.204 e. The van der Waals surface area contributed by atoms with Crippen molar-refractivity contribution in [3.63, 3.8) is 0 Å². The van der Waals surface area contributed by atoms with E-state index in [1.54, 1.807) is 0 Å². The number of hydrogen-bond acceptors (Lipinski definition) is 3. The van der Waals surface area contributed by atoms with Gasteiger partial charge in [-0.15, -0.1) is 4.52 Å². The van der Waals surface area contributed by atoms with Crippen molar-refractivity contribution in [3.05, 3.63) is 0 Å². The lowest BCUT2D eigenvalue weighted by Gasteiger charge is -2.24. The van der Waals surface area contributed by atoms with Gasteiger partial charge >= 0.3 is 19.6 Å². The second kappa shape index (κ2) is 2.71. The van der Waals surface area contributed by atoms with Gasteiger partial charge in [0.2, 0.25) is 0 Å². The maximum absolute atomic E-state index is 12.2. The fourth-order valence-electron chi connectivity index (χ4n) is 0.453. The zero-order valence-corrected chi connectivity index (χ0v) is 6.66. The summed E-state index contributed by atoms with van der Waals surface area (Å²) in [5, 5.41) is 0. The lowest BCUT2D eigenvalue weighted by Crippen LogP contribution is -2.40. The molecule has 0 aliphatic carbocycles. The first kappa shape index (κ1) is 9.48. The highest BCUT2D eigenvalue weighted by Gasteiger charge is 2.60. The minimum atomic E-state index is -3.86. The summed E-state index contributed by atoms with van der Waals surface area (Å²) >= 11 is 4.94. The fraction of sp³-hybridized carbons (Fsp3) is 1.00. The van der Waals surface area contributed by atoms with Crippen LogP contribution >= 0.6 is 18.5 Å². The zero-order valence-electron chi connectivity index (χ0n) is 5.01. The average molecular weight is 211 g/mol. The molecule has 0 saturated carbocycles. The number of halogens is 4. The average Bonchev–Trinajstić information content (AvgIpc) is 1.81. The minimum absolute atomic E-state index is 1.26. The SMILES string of the molecule is O[P+]1(Cl)OCC(F)(F)C(F)O1. The van der Waals surface area contributed by atoms with Crippen LogP contribution in [0.15, 0.2) is 0 Å². The molecular formula is C3H4ClF3O3P+. The standard InChI is InChI=1S/C3H4ClF3O3P/c4-11(8)9-1-3(6,7)2(5)10-11/h2,8H,1H2/q+1. The lowest BCUT2D eigenvalue weighted by molar-refractivity contribution is -0.200. The van der Waals surface area contributed by atoms with E-state index in [9.17, 15) is 13.2 Å². The molecule has 0 radical (unpaired) electrons. The van der Waals surface area contributed by atoms with Crippen molar-refractivity contribution < 1.29 is 27.1 Å². The first-order chi connectivity index (χ1) is 4.83. The molecule has 1 heterocycles. The van der Waals surface area contributed by atoms with Crippen LogP contribution in [0.5, 0.6) is 0 Å². The third kappa shape index (κ3) is 2.16. The van der Waals surface area contributed by atoms with Crippen LogP contribution in [-0.2, 0) is 9.05 Å². The molecule has 11 heavy (non-hydrogen) atoms. The van der Waals surface area contributed by atoms with E-state index in [0.717, 1.165) is 0 Å². The Hall–Kier alpha value is 0.390. The van der Waals surface area contributed by atoms with Gasteiger partial charge in [-0.1, -0.05) is 0 Å². The molecule has 1 N–H and O–H groups in total. The molecular weight excluding hydrogens is 207 g/mol. The molecule has 8 heteroatoms.